The number of benzene rings is 1. The van der Waals surface area contributed by atoms with E-state index in [0.717, 1.165) is 11.0 Å². The van der Waals surface area contributed by atoms with Crippen molar-refractivity contribution in [3.63, 3.8) is 0 Å². The monoisotopic (exact) mass is 281 g/mol. The van der Waals surface area contributed by atoms with Crippen molar-refractivity contribution in [3.05, 3.63) is 50.6 Å². The first-order valence-corrected chi connectivity index (χ1v) is 6.45. The van der Waals surface area contributed by atoms with Crippen molar-refractivity contribution < 1.29 is 0 Å². The molecule has 1 aromatic carbocycles. The molecule has 0 unspecified atom stereocenters. The van der Waals surface area contributed by atoms with Crippen molar-refractivity contribution >= 4 is 33.0 Å². The molecule has 0 aliphatic carbocycles. The lowest BCUT2D eigenvalue weighted by Crippen LogP contribution is -1.98. The third kappa shape index (κ3) is 2.83. The molecule has 0 saturated heterocycles. The molecule has 0 saturated carbocycles. The van der Waals surface area contributed by atoms with Gasteiger partial charge in [-0.2, -0.15) is 0 Å². The van der Waals surface area contributed by atoms with Gasteiger partial charge in [-0.25, -0.2) is 0 Å². The van der Waals surface area contributed by atoms with Crippen molar-refractivity contribution in [1.82, 2.24) is 0 Å². The Morgan fingerprint density at radius 3 is 2.87 bits per heavy atom. The number of thiophene rings is 1. The van der Waals surface area contributed by atoms with Crippen molar-refractivity contribution in [2.24, 2.45) is 0 Å². The minimum absolute atomic E-state index is 0.903. The van der Waals surface area contributed by atoms with Gasteiger partial charge in [0.15, 0.2) is 0 Å². The second kappa shape index (κ2) is 4.81. The van der Waals surface area contributed by atoms with E-state index in [1.54, 1.807) is 11.3 Å². The lowest BCUT2D eigenvalue weighted by Gasteiger charge is -2.08. The second-order valence-electron chi connectivity index (χ2n) is 3.39. The van der Waals surface area contributed by atoms with Crippen LogP contribution in [-0.2, 0) is 6.54 Å². The lowest BCUT2D eigenvalue weighted by atomic mass is 10.2. The van der Waals surface area contributed by atoms with Crippen LogP contribution in [0.2, 0.25) is 0 Å². The quantitative estimate of drug-likeness (QED) is 0.878. The minimum Gasteiger partial charge on any atom is -0.380 e. The van der Waals surface area contributed by atoms with Crippen LogP contribution >= 0.6 is 27.3 Å². The molecular formula is C12H12BrNS. The largest absolute Gasteiger partial charge is 0.380 e. The molecule has 0 aliphatic rings. The van der Waals surface area contributed by atoms with Gasteiger partial charge < -0.3 is 5.32 Å². The van der Waals surface area contributed by atoms with Crippen molar-refractivity contribution in [2.45, 2.75) is 13.5 Å². The fourth-order valence-corrected chi connectivity index (χ4v) is 2.54. The zero-order chi connectivity index (χ0) is 10.7. The molecule has 78 valence electrons. The summed E-state index contributed by atoms with van der Waals surface area (Å²) in [4.78, 5) is 1.36. The summed E-state index contributed by atoms with van der Waals surface area (Å²) in [5.74, 6) is 0. The Bertz CT molecular complexity index is 437. The van der Waals surface area contributed by atoms with Crippen LogP contribution in [0.4, 0.5) is 5.69 Å². The average Bonchev–Trinajstić information content (AvgIpc) is 2.69. The maximum atomic E-state index is 3.46. The van der Waals surface area contributed by atoms with Gasteiger partial charge in [-0.15, -0.1) is 11.3 Å². The highest BCUT2D eigenvalue weighted by Crippen LogP contribution is 2.21. The summed E-state index contributed by atoms with van der Waals surface area (Å²) in [6.45, 7) is 3.02. The molecule has 1 N–H and O–H groups in total. The van der Waals surface area contributed by atoms with Gasteiger partial charge in [0.05, 0.1) is 0 Å². The zero-order valence-corrected chi connectivity index (χ0v) is 10.9. The standard InChI is InChI=1S/C12H12BrNS/c1-9-7-10(13)4-5-12(9)14-8-11-3-2-6-15-11/h2-7,14H,8H2,1H3. The van der Waals surface area contributed by atoms with E-state index in [4.69, 9.17) is 0 Å². The molecule has 0 fully saturated rings. The number of hydrogen-bond donors (Lipinski definition) is 1. The number of aryl methyl sites for hydroxylation is 1. The van der Waals surface area contributed by atoms with Gasteiger partial charge in [0.1, 0.15) is 0 Å². The molecule has 0 spiro atoms. The molecule has 0 amide bonds. The van der Waals surface area contributed by atoms with Crippen molar-refractivity contribution in [2.75, 3.05) is 5.32 Å². The van der Waals surface area contributed by atoms with E-state index in [0.29, 0.717) is 0 Å². The maximum absolute atomic E-state index is 3.46. The summed E-state index contributed by atoms with van der Waals surface area (Å²) >= 11 is 5.24. The van der Waals surface area contributed by atoms with Gasteiger partial charge in [-0.05, 0) is 42.1 Å². The van der Waals surface area contributed by atoms with E-state index in [-0.39, 0.29) is 0 Å². The van der Waals surface area contributed by atoms with E-state index < -0.39 is 0 Å². The molecule has 0 atom stereocenters. The Hall–Kier alpha value is -0.800. The van der Waals surface area contributed by atoms with E-state index in [2.05, 4.69) is 63.9 Å². The first kappa shape index (κ1) is 10.7. The predicted molar refractivity (Wildman–Crippen MR) is 70.5 cm³/mol. The third-order valence-corrected chi connectivity index (χ3v) is 3.59. The molecule has 1 heterocycles. The molecule has 0 bridgehead atoms. The molecule has 1 aromatic heterocycles. The van der Waals surface area contributed by atoms with Crippen LogP contribution in [0.3, 0.4) is 0 Å². The minimum atomic E-state index is 0.903. The van der Waals surface area contributed by atoms with Crippen LogP contribution in [0.5, 0.6) is 0 Å². The first-order chi connectivity index (χ1) is 7.25. The Morgan fingerprint density at radius 2 is 2.20 bits per heavy atom. The highest BCUT2D eigenvalue weighted by Gasteiger charge is 1.99. The fraction of sp³-hybridized carbons (Fsp3) is 0.167. The van der Waals surface area contributed by atoms with Crippen molar-refractivity contribution in [3.8, 4) is 0 Å². The van der Waals surface area contributed by atoms with Gasteiger partial charge in [0, 0.05) is 21.6 Å². The molecule has 15 heavy (non-hydrogen) atoms. The average molecular weight is 282 g/mol. The Kier molecular flexibility index (Phi) is 3.44. The van der Waals surface area contributed by atoms with Crippen LogP contribution in [0.1, 0.15) is 10.4 Å². The molecular weight excluding hydrogens is 270 g/mol. The smallest absolute Gasteiger partial charge is 0.0494 e. The number of nitrogens with one attached hydrogen (secondary N) is 1. The predicted octanol–water partition coefficient (Wildman–Crippen LogP) is 4.43. The topological polar surface area (TPSA) is 12.0 Å². The zero-order valence-electron chi connectivity index (χ0n) is 8.46. The Balaban J connectivity index is 2.05. The highest BCUT2D eigenvalue weighted by molar-refractivity contribution is 9.10. The molecule has 0 aliphatic heterocycles. The van der Waals surface area contributed by atoms with Crippen molar-refractivity contribution in [1.29, 1.82) is 0 Å². The Labute approximate surface area is 102 Å². The summed E-state index contributed by atoms with van der Waals surface area (Å²) in [7, 11) is 0. The molecule has 3 heteroatoms. The fourth-order valence-electron chi connectivity index (χ4n) is 1.42. The first-order valence-electron chi connectivity index (χ1n) is 4.78. The highest BCUT2D eigenvalue weighted by atomic mass is 79.9. The summed E-state index contributed by atoms with van der Waals surface area (Å²) in [6, 6.07) is 10.5. The number of halogens is 1. The number of hydrogen-bond acceptors (Lipinski definition) is 2. The molecule has 2 aromatic rings. The molecule has 2 rings (SSSR count). The van der Waals surface area contributed by atoms with Gasteiger partial charge >= 0.3 is 0 Å². The SMILES string of the molecule is Cc1cc(Br)ccc1NCc1cccs1. The van der Waals surface area contributed by atoms with E-state index in [9.17, 15) is 0 Å². The van der Waals surface area contributed by atoms with Gasteiger partial charge in [-0.3, -0.25) is 0 Å². The van der Waals surface area contributed by atoms with Crippen LogP contribution in [0.25, 0.3) is 0 Å². The molecule has 1 nitrogen and oxygen atoms in total. The van der Waals surface area contributed by atoms with Crippen LogP contribution in [0.15, 0.2) is 40.2 Å². The normalized spacial score (nSPS) is 10.3. The van der Waals surface area contributed by atoms with Gasteiger partial charge in [-0.1, -0.05) is 22.0 Å². The summed E-state index contributed by atoms with van der Waals surface area (Å²) in [5.41, 5.74) is 2.47. The van der Waals surface area contributed by atoms with Crippen LogP contribution < -0.4 is 5.32 Å². The molecule has 0 radical (unpaired) electrons. The van der Waals surface area contributed by atoms with Crippen LogP contribution in [-0.4, -0.2) is 0 Å². The van der Waals surface area contributed by atoms with Crippen LogP contribution in [0, 0.1) is 6.92 Å². The maximum Gasteiger partial charge on any atom is 0.0494 e. The summed E-state index contributed by atoms with van der Waals surface area (Å²) in [6.07, 6.45) is 0. The van der Waals surface area contributed by atoms with E-state index >= 15 is 0 Å². The Morgan fingerprint density at radius 1 is 1.33 bits per heavy atom. The van der Waals surface area contributed by atoms with E-state index in [1.807, 2.05) is 0 Å². The number of rotatable bonds is 3. The second-order valence-corrected chi connectivity index (χ2v) is 5.34. The number of anilines is 1. The van der Waals surface area contributed by atoms with E-state index in [1.165, 1.54) is 16.1 Å². The lowest BCUT2D eigenvalue weighted by molar-refractivity contribution is 1.18. The van der Waals surface area contributed by atoms with Gasteiger partial charge in [0.25, 0.3) is 0 Å². The third-order valence-electron chi connectivity index (χ3n) is 2.22. The van der Waals surface area contributed by atoms with Gasteiger partial charge in [0.2, 0.25) is 0 Å². The summed E-state index contributed by atoms with van der Waals surface area (Å²) < 4.78 is 1.13. The summed E-state index contributed by atoms with van der Waals surface area (Å²) in [5, 5.41) is 5.53.